The molecule has 0 radical (unpaired) electrons. The van der Waals surface area contributed by atoms with Crippen LogP contribution in [0.2, 0.25) is 0 Å². The molecule has 1 atom stereocenters. The molecule has 0 bridgehead atoms. The van der Waals surface area contributed by atoms with E-state index in [1.807, 2.05) is 0 Å². The highest BCUT2D eigenvalue weighted by molar-refractivity contribution is 8.03. The number of hydrogen-bond donors (Lipinski definition) is 3. The van der Waals surface area contributed by atoms with Gasteiger partial charge < -0.3 is 25.2 Å². The number of phenols is 1. The normalized spacial score (nSPS) is 15.3. The van der Waals surface area contributed by atoms with Gasteiger partial charge >= 0.3 is 5.97 Å². The Morgan fingerprint density at radius 3 is 2.91 bits per heavy atom. The minimum absolute atomic E-state index is 0.00532. The van der Waals surface area contributed by atoms with Gasteiger partial charge in [-0.3, -0.25) is 4.79 Å². The summed E-state index contributed by atoms with van der Waals surface area (Å²) < 4.78 is 10.5. The second-order valence-corrected chi connectivity index (χ2v) is 8.82. The number of anilines is 1. The van der Waals surface area contributed by atoms with E-state index >= 15 is 0 Å². The zero-order valence-electron chi connectivity index (χ0n) is 18.5. The molecule has 0 saturated heterocycles. The van der Waals surface area contributed by atoms with Crippen LogP contribution >= 0.6 is 23.1 Å². The number of nitriles is 1. The molecule has 9 nitrogen and oxygen atoms in total. The van der Waals surface area contributed by atoms with E-state index in [1.54, 1.807) is 30.6 Å². The summed E-state index contributed by atoms with van der Waals surface area (Å²) in [5, 5.41) is 28.5. The first-order valence-corrected chi connectivity index (χ1v) is 11.8. The van der Waals surface area contributed by atoms with Crippen LogP contribution in [0.3, 0.4) is 0 Å². The van der Waals surface area contributed by atoms with Gasteiger partial charge in [0.15, 0.2) is 16.6 Å². The fraction of sp³-hybridized carbons (Fsp3) is 0.217. The van der Waals surface area contributed by atoms with Crippen molar-refractivity contribution in [3.8, 4) is 17.6 Å². The number of aromatic hydroxyl groups is 1. The number of amides is 1. The summed E-state index contributed by atoms with van der Waals surface area (Å²) in [7, 11) is 1.41. The van der Waals surface area contributed by atoms with Crippen molar-refractivity contribution in [1.29, 1.82) is 5.26 Å². The van der Waals surface area contributed by atoms with Crippen LogP contribution in [0.15, 0.2) is 64.3 Å². The van der Waals surface area contributed by atoms with Crippen molar-refractivity contribution in [2.24, 2.45) is 0 Å². The number of thiazole rings is 1. The Hall–Kier alpha value is -3.75. The molecule has 2 heterocycles. The van der Waals surface area contributed by atoms with Crippen LogP contribution in [0.25, 0.3) is 0 Å². The lowest BCUT2D eigenvalue weighted by atomic mass is 9.82. The highest BCUT2D eigenvalue weighted by atomic mass is 32.2. The predicted molar refractivity (Wildman–Crippen MR) is 130 cm³/mol. The van der Waals surface area contributed by atoms with Gasteiger partial charge in [0.2, 0.25) is 5.91 Å². The summed E-state index contributed by atoms with van der Waals surface area (Å²) in [5.74, 6) is -1.56. The molecule has 3 rings (SSSR count). The van der Waals surface area contributed by atoms with Crippen molar-refractivity contribution in [1.82, 2.24) is 10.3 Å². The molecule has 11 heteroatoms. The van der Waals surface area contributed by atoms with E-state index in [1.165, 1.54) is 30.6 Å². The molecule has 1 amide bonds. The predicted octanol–water partition coefficient (Wildman–Crippen LogP) is 3.65. The number of hydrogen-bond acceptors (Lipinski definition) is 10. The number of dihydropyridines is 1. The molecule has 0 saturated carbocycles. The van der Waals surface area contributed by atoms with Gasteiger partial charge in [-0.15, -0.1) is 11.3 Å². The quantitative estimate of drug-likeness (QED) is 0.350. The second-order valence-electron chi connectivity index (χ2n) is 6.94. The lowest BCUT2D eigenvalue weighted by Gasteiger charge is -2.29. The first kappa shape index (κ1) is 24.9. The van der Waals surface area contributed by atoms with E-state index in [0.29, 0.717) is 21.4 Å². The molecule has 1 aliphatic rings. The number of phenolic OH excluding ortho intramolecular Hbond substituents is 1. The smallest absolute Gasteiger partial charge is 0.337 e. The van der Waals surface area contributed by atoms with Crippen molar-refractivity contribution in [2.45, 2.75) is 12.8 Å². The number of allylic oxidation sites excluding steroid dienone is 2. The molecule has 1 aromatic heterocycles. The summed E-state index contributed by atoms with van der Waals surface area (Å²) in [6.07, 6.45) is 3.04. The lowest BCUT2D eigenvalue weighted by Crippen LogP contribution is -2.29. The molecular formula is C23H22N4O5S2. The minimum atomic E-state index is -0.803. The second kappa shape index (κ2) is 11.4. The maximum atomic E-state index is 12.9. The highest BCUT2D eigenvalue weighted by Crippen LogP contribution is 2.43. The van der Waals surface area contributed by atoms with E-state index < -0.39 is 11.9 Å². The van der Waals surface area contributed by atoms with Gasteiger partial charge in [-0.1, -0.05) is 30.5 Å². The SMILES string of the molecule is C=CCOC(=O)C1=C(C)NC(SCC(=O)Nc2nccs2)=C(C#N)[C@H]1c1ccc(O)c(OC)c1. The van der Waals surface area contributed by atoms with Gasteiger partial charge in [0, 0.05) is 17.3 Å². The number of benzene rings is 1. The van der Waals surface area contributed by atoms with Crippen molar-refractivity contribution < 1.29 is 24.2 Å². The van der Waals surface area contributed by atoms with Crippen molar-refractivity contribution in [3.63, 3.8) is 0 Å². The molecule has 3 N–H and O–H groups in total. The Morgan fingerprint density at radius 1 is 1.47 bits per heavy atom. The Balaban J connectivity index is 1.98. The van der Waals surface area contributed by atoms with Crippen LogP contribution in [-0.4, -0.2) is 41.4 Å². The number of ether oxygens (including phenoxy) is 2. The maximum absolute atomic E-state index is 12.9. The third kappa shape index (κ3) is 5.59. The largest absolute Gasteiger partial charge is 0.504 e. The molecular weight excluding hydrogens is 476 g/mol. The van der Waals surface area contributed by atoms with Crippen LogP contribution in [0.4, 0.5) is 5.13 Å². The van der Waals surface area contributed by atoms with Crippen molar-refractivity contribution in [2.75, 3.05) is 24.8 Å². The van der Waals surface area contributed by atoms with Crippen LogP contribution in [0, 0.1) is 11.3 Å². The van der Waals surface area contributed by atoms with Crippen LogP contribution in [-0.2, 0) is 14.3 Å². The Kier molecular flexibility index (Phi) is 8.34. The summed E-state index contributed by atoms with van der Waals surface area (Å²) >= 11 is 2.43. The Labute approximate surface area is 204 Å². The van der Waals surface area contributed by atoms with E-state index in [2.05, 4.69) is 28.3 Å². The van der Waals surface area contributed by atoms with E-state index in [4.69, 9.17) is 9.47 Å². The fourth-order valence-corrected chi connectivity index (χ4v) is 4.73. The van der Waals surface area contributed by atoms with Gasteiger partial charge in [0.25, 0.3) is 0 Å². The van der Waals surface area contributed by atoms with E-state index in [9.17, 15) is 20.0 Å². The average Bonchev–Trinajstić information content (AvgIpc) is 3.34. The molecule has 1 aliphatic heterocycles. The Bertz CT molecular complexity index is 1200. The molecule has 0 aliphatic carbocycles. The Morgan fingerprint density at radius 2 is 2.26 bits per heavy atom. The number of esters is 1. The standard InChI is InChI=1S/C23H22N4O5S2/c1-4-8-32-22(30)19-13(2)26-21(34-12-18(29)27-23-25-7-9-33-23)15(11-24)20(19)14-5-6-16(28)17(10-14)31-3/h4-7,9-10,20,26,28H,1,8,12H2,2-3H3,(H,25,27,29)/t20-/m1/s1. The first-order chi connectivity index (χ1) is 16.4. The highest BCUT2D eigenvalue weighted by Gasteiger charge is 2.36. The number of rotatable bonds is 9. The van der Waals surface area contributed by atoms with Crippen LogP contribution in [0.5, 0.6) is 11.5 Å². The van der Waals surface area contributed by atoms with Gasteiger partial charge in [-0.05, 0) is 24.6 Å². The van der Waals surface area contributed by atoms with Gasteiger partial charge in [0.1, 0.15) is 6.61 Å². The van der Waals surface area contributed by atoms with Crippen LogP contribution in [0.1, 0.15) is 18.4 Å². The maximum Gasteiger partial charge on any atom is 0.337 e. The molecule has 0 spiro atoms. The number of thioether (sulfide) groups is 1. The lowest BCUT2D eigenvalue weighted by molar-refractivity contribution is -0.138. The zero-order valence-corrected chi connectivity index (χ0v) is 20.1. The van der Waals surface area contributed by atoms with Crippen LogP contribution < -0.4 is 15.4 Å². The number of methoxy groups -OCH3 is 1. The fourth-order valence-electron chi connectivity index (χ4n) is 3.29. The van der Waals surface area contributed by atoms with Gasteiger partial charge in [-0.25, -0.2) is 9.78 Å². The molecule has 176 valence electrons. The zero-order chi connectivity index (χ0) is 24.7. The number of nitrogens with zero attached hydrogens (tertiary/aromatic N) is 2. The van der Waals surface area contributed by atoms with Gasteiger partial charge in [0.05, 0.1) is 41.0 Å². The topological polar surface area (TPSA) is 134 Å². The summed E-state index contributed by atoms with van der Waals surface area (Å²) in [6, 6.07) is 6.78. The minimum Gasteiger partial charge on any atom is -0.504 e. The average molecular weight is 499 g/mol. The third-order valence-electron chi connectivity index (χ3n) is 4.76. The van der Waals surface area contributed by atoms with Crippen molar-refractivity contribution >= 4 is 40.1 Å². The molecule has 0 fully saturated rings. The number of aromatic nitrogens is 1. The van der Waals surface area contributed by atoms with Crippen molar-refractivity contribution in [3.05, 3.63) is 69.9 Å². The number of carbonyl (C=O) groups excluding carboxylic acids is 2. The molecule has 1 aromatic carbocycles. The molecule has 2 aromatic rings. The third-order valence-corrected chi connectivity index (χ3v) is 6.47. The van der Waals surface area contributed by atoms with E-state index in [0.717, 1.165) is 11.8 Å². The van der Waals surface area contributed by atoms with E-state index in [-0.39, 0.29) is 40.9 Å². The molecule has 34 heavy (non-hydrogen) atoms. The first-order valence-electron chi connectivity index (χ1n) is 9.98. The monoisotopic (exact) mass is 498 g/mol. The number of nitrogens with one attached hydrogen (secondary N) is 2. The summed E-state index contributed by atoms with van der Waals surface area (Å²) in [5.41, 5.74) is 1.49. The summed E-state index contributed by atoms with van der Waals surface area (Å²) in [6.45, 7) is 5.26. The number of carbonyl (C=O) groups is 2. The molecule has 0 unspecified atom stereocenters. The summed E-state index contributed by atoms with van der Waals surface area (Å²) in [4.78, 5) is 29.3. The van der Waals surface area contributed by atoms with Gasteiger partial charge in [-0.2, -0.15) is 5.26 Å².